The fourth-order valence-electron chi connectivity index (χ4n) is 2.39. The Hall–Kier alpha value is -0.870. The van der Waals surface area contributed by atoms with Gasteiger partial charge in [-0.1, -0.05) is 6.92 Å². The quantitative estimate of drug-likeness (QED) is 0.832. The molecule has 0 aromatic carbocycles. The van der Waals surface area contributed by atoms with Crippen LogP contribution in [0.4, 0.5) is 0 Å². The molecule has 1 fully saturated rings. The first kappa shape index (κ1) is 11.6. The molecule has 0 bridgehead atoms. The normalized spacial score (nSPS) is 27.2. The molecule has 0 radical (unpaired) electrons. The maximum absolute atomic E-state index is 6.03. The second kappa shape index (κ2) is 4.97. The van der Waals surface area contributed by atoms with Crippen LogP contribution in [0.3, 0.4) is 0 Å². The molecule has 4 nitrogen and oxygen atoms in total. The summed E-state index contributed by atoms with van der Waals surface area (Å²) in [7, 11) is 0. The lowest BCUT2D eigenvalue weighted by atomic mass is 9.95. The summed E-state index contributed by atoms with van der Waals surface area (Å²) >= 11 is 0. The maximum Gasteiger partial charge on any atom is 0.0948 e. The van der Waals surface area contributed by atoms with Gasteiger partial charge in [-0.25, -0.2) is 4.98 Å². The fraction of sp³-hybridized carbons (Fsp3) is 0.750. The van der Waals surface area contributed by atoms with Gasteiger partial charge in [-0.15, -0.1) is 0 Å². The zero-order chi connectivity index (χ0) is 11.5. The largest absolute Gasteiger partial charge is 0.334 e. The van der Waals surface area contributed by atoms with Gasteiger partial charge in [-0.3, -0.25) is 4.90 Å². The molecule has 2 rings (SSSR count). The monoisotopic (exact) mass is 222 g/mol. The minimum absolute atomic E-state index is 0.382. The standard InChI is InChI=1S/C12H22N4/c1-3-16-9-14-6-11(16)8-15-5-4-12(13)10(2)7-15/h6,9-10,12H,3-5,7-8,13H2,1-2H3. The molecule has 0 aliphatic carbocycles. The van der Waals surface area contributed by atoms with E-state index in [2.05, 4.69) is 28.3 Å². The zero-order valence-electron chi connectivity index (χ0n) is 10.3. The number of imidazole rings is 1. The van der Waals surface area contributed by atoms with Crippen molar-refractivity contribution >= 4 is 0 Å². The van der Waals surface area contributed by atoms with Gasteiger partial charge in [-0.05, 0) is 19.3 Å². The second-order valence-corrected chi connectivity index (χ2v) is 4.84. The minimum atomic E-state index is 0.382. The number of rotatable bonds is 3. The van der Waals surface area contributed by atoms with Crippen molar-refractivity contribution in [2.24, 2.45) is 11.7 Å². The van der Waals surface area contributed by atoms with Gasteiger partial charge in [0.2, 0.25) is 0 Å². The lowest BCUT2D eigenvalue weighted by molar-refractivity contribution is 0.155. The second-order valence-electron chi connectivity index (χ2n) is 4.84. The lowest BCUT2D eigenvalue weighted by Crippen LogP contribution is -2.45. The Morgan fingerprint density at radius 3 is 3.06 bits per heavy atom. The molecule has 1 aliphatic heterocycles. The highest BCUT2D eigenvalue weighted by Gasteiger charge is 2.23. The van der Waals surface area contributed by atoms with Crippen molar-refractivity contribution in [1.82, 2.24) is 14.5 Å². The Morgan fingerprint density at radius 1 is 1.56 bits per heavy atom. The van der Waals surface area contributed by atoms with E-state index in [1.807, 2.05) is 12.5 Å². The van der Waals surface area contributed by atoms with E-state index in [1.165, 1.54) is 5.69 Å². The number of likely N-dealkylation sites (tertiary alicyclic amines) is 1. The molecule has 90 valence electrons. The molecular formula is C12H22N4. The molecule has 1 aromatic rings. The van der Waals surface area contributed by atoms with Gasteiger partial charge in [0.25, 0.3) is 0 Å². The zero-order valence-corrected chi connectivity index (χ0v) is 10.3. The third kappa shape index (κ3) is 2.44. The summed E-state index contributed by atoms with van der Waals surface area (Å²) < 4.78 is 2.21. The summed E-state index contributed by atoms with van der Waals surface area (Å²) in [6.07, 6.45) is 5.00. The molecule has 2 atom stereocenters. The Balaban J connectivity index is 1.95. The van der Waals surface area contributed by atoms with Gasteiger partial charge in [0.05, 0.1) is 12.0 Å². The van der Waals surface area contributed by atoms with Gasteiger partial charge in [0, 0.05) is 38.4 Å². The highest BCUT2D eigenvalue weighted by molar-refractivity contribution is 4.99. The van der Waals surface area contributed by atoms with Crippen LogP contribution in [0, 0.1) is 5.92 Å². The molecule has 2 unspecified atom stereocenters. The van der Waals surface area contributed by atoms with Crippen LogP contribution in [0.25, 0.3) is 0 Å². The Bertz CT molecular complexity index is 334. The molecule has 2 N–H and O–H groups in total. The van der Waals surface area contributed by atoms with Gasteiger partial charge < -0.3 is 10.3 Å². The summed E-state index contributed by atoms with van der Waals surface area (Å²) in [6, 6.07) is 0.382. The summed E-state index contributed by atoms with van der Waals surface area (Å²) in [4.78, 5) is 6.69. The average molecular weight is 222 g/mol. The van der Waals surface area contributed by atoms with Crippen LogP contribution in [-0.2, 0) is 13.1 Å². The van der Waals surface area contributed by atoms with Crippen LogP contribution in [0.5, 0.6) is 0 Å². The maximum atomic E-state index is 6.03. The minimum Gasteiger partial charge on any atom is -0.334 e. The highest BCUT2D eigenvalue weighted by Crippen LogP contribution is 2.17. The molecule has 2 heterocycles. The van der Waals surface area contributed by atoms with E-state index in [9.17, 15) is 0 Å². The summed E-state index contributed by atoms with van der Waals surface area (Å²) in [5.41, 5.74) is 7.34. The number of nitrogens with two attached hydrogens (primary N) is 1. The van der Waals surface area contributed by atoms with E-state index in [0.29, 0.717) is 12.0 Å². The molecule has 4 heteroatoms. The van der Waals surface area contributed by atoms with Crippen LogP contribution in [0.1, 0.15) is 26.0 Å². The molecule has 16 heavy (non-hydrogen) atoms. The number of aromatic nitrogens is 2. The van der Waals surface area contributed by atoms with Crippen molar-refractivity contribution < 1.29 is 0 Å². The van der Waals surface area contributed by atoms with Crippen molar-refractivity contribution in [3.05, 3.63) is 18.2 Å². The van der Waals surface area contributed by atoms with E-state index in [0.717, 1.165) is 32.6 Å². The first-order valence-corrected chi connectivity index (χ1v) is 6.17. The van der Waals surface area contributed by atoms with E-state index in [1.54, 1.807) is 0 Å². The van der Waals surface area contributed by atoms with Crippen LogP contribution in [-0.4, -0.2) is 33.6 Å². The average Bonchev–Trinajstić information content (AvgIpc) is 2.71. The van der Waals surface area contributed by atoms with Crippen LogP contribution in [0.15, 0.2) is 12.5 Å². The first-order valence-electron chi connectivity index (χ1n) is 6.17. The van der Waals surface area contributed by atoms with Crippen molar-refractivity contribution in [3.8, 4) is 0 Å². The topological polar surface area (TPSA) is 47.1 Å². The Morgan fingerprint density at radius 2 is 2.38 bits per heavy atom. The summed E-state index contributed by atoms with van der Waals surface area (Å²) in [5.74, 6) is 0.603. The third-order valence-corrected chi connectivity index (χ3v) is 3.58. The summed E-state index contributed by atoms with van der Waals surface area (Å²) in [6.45, 7) is 8.62. The van der Waals surface area contributed by atoms with Crippen LogP contribution >= 0.6 is 0 Å². The number of hydrogen-bond acceptors (Lipinski definition) is 3. The summed E-state index contributed by atoms with van der Waals surface area (Å²) in [5, 5.41) is 0. The van der Waals surface area contributed by atoms with Gasteiger partial charge in [0.15, 0.2) is 0 Å². The number of aryl methyl sites for hydroxylation is 1. The molecule has 1 saturated heterocycles. The molecule has 0 amide bonds. The fourth-order valence-corrected chi connectivity index (χ4v) is 2.39. The van der Waals surface area contributed by atoms with E-state index in [-0.39, 0.29) is 0 Å². The molecule has 1 aliphatic rings. The van der Waals surface area contributed by atoms with Gasteiger partial charge in [0.1, 0.15) is 0 Å². The predicted octanol–water partition coefficient (Wildman–Crippen LogP) is 1.07. The lowest BCUT2D eigenvalue weighted by Gasteiger charge is -2.35. The van der Waals surface area contributed by atoms with Gasteiger partial charge in [-0.2, -0.15) is 0 Å². The van der Waals surface area contributed by atoms with Gasteiger partial charge >= 0.3 is 0 Å². The third-order valence-electron chi connectivity index (χ3n) is 3.58. The molecular weight excluding hydrogens is 200 g/mol. The van der Waals surface area contributed by atoms with Crippen molar-refractivity contribution in [2.45, 2.75) is 39.4 Å². The van der Waals surface area contributed by atoms with E-state index in [4.69, 9.17) is 5.73 Å². The van der Waals surface area contributed by atoms with E-state index < -0.39 is 0 Å². The van der Waals surface area contributed by atoms with Crippen LogP contribution < -0.4 is 5.73 Å². The predicted molar refractivity (Wildman–Crippen MR) is 64.9 cm³/mol. The molecule has 0 saturated carbocycles. The van der Waals surface area contributed by atoms with Crippen molar-refractivity contribution in [1.29, 1.82) is 0 Å². The highest BCUT2D eigenvalue weighted by atomic mass is 15.2. The number of piperidine rings is 1. The SMILES string of the molecule is CCn1cncc1CN1CCC(N)C(C)C1. The number of hydrogen-bond donors (Lipinski definition) is 1. The molecule has 1 aromatic heterocycles. The van der Waals surface area contributed by atoms with Crippen LogP contribution in [0.2, 0.25) is 0 Å². The van der Waals surface area contributed by atoms with Crippen molar-refractivity contribution in [3.63, 3.8) is 0 Å². The smallest absolute Gasteiger partial charge is 0.0948 e. The Labute approximate surface area is 97.4 Å². The molecule has 0 spiro atoms. The van der Waals surface area contributed by atoms with E-state index >= 15 is 0 Å². The Kier molecular flexibility index (Phi) is 3.61. The number of nitrogens with zero attached hydrogens (tertiary/aromatic N) is 3. The van der Waals surface area contributed by atoms with Crippen molar-refractivity contribution in [2.75, 3.05) is 13.1 Å². The first-order chi connectivity index (χ1) is 7.70.